The second kappa shape index (κ2) is 8.85. The molecule has 2 aromatic rings. The van der Waals surface area contributed by atoms with Gasteiger partial charge >= 0.3 is 0 Å². The molecular weight excluding hydrogens is 336 g/mol. The fraction of sp³-hybridized carbons (Fsp3) is 0.391. The van der Waals surface area contributed by atoms with Gasteiger partial charge in [-0.15, -0.1) is 0 Å². The van der Waals surface area contributed by atoms with E-state index in [-0.39, 0.29) is 11.6 Å². The number of rotatable bonds is 9. The summed E-state index contributed by atoms with van der Waals surface area (Å²) < 4.78 is 0. The quantitative estimate of drug-likeness (QED) is 0.507. The minimum absolute atomic E-state index is 0.0808. The summed E-state index contributed by atoms with van der Waals surface area (Å²) in [7, 11) is 1.78. The molecule has 4 heteroatoms. The predicted molar refractivity (Wildman–Crippen MR) is 111 cm³/mol. The lowest BCUT2D eigenvalue weighted by atomic mass is 9.82. The minimum Gasteiger partial charge on any atom is -0.388 e. The zero-order valence-corrected chi connectivity index (χ0v) is 16.2. The molecule has 0 atom stereocenters. The van der Waals surface area contributed by atoms with Crippen molar-refractivity contribution in [2.24, 2.45) is 0 Å². The average molecular weight is 364 g/mol. The predicted octanol–water partition coefficient (Wildman–Crippen LogP) is 5.28. The third-order valence-electron chi connectivity index (χ3n) is 5.19. The van der Waals surface area contributed by atoms with Crippen LogP contribution in [-0.2, 0) is 0 Å². The van der Waals surface area contributed by atoms with E-state index in [0.29, 0.717) is 27.9 Å². The molecule has 142 valence electrons. The lowest BCUT2D eigenvalue weighted by Gasteiger charge is -2.23. The molecule has 0 saturated heterocycles. The Labute approximate surface area is 161 Å². The first-order valence-corrected chi connectivity index (χ1v) is 9.96. The highest BCUT2D eigenvalue weighted by molar-refractivity contribution is 6.31. The molecule has 0 heterocycles. The number of nitrogens with one attached hydrogen (secondary N) is 2. The molecule has 0 saturated carbocycles. The number of hydrogen-bond acceptors (Lipinski definition) is 4. The number of unbranched alkanes of at least 4 members (excludes halogenated alkanes) is 5. The highest BCUT2D eigenvalue weighted by Crippen LogP contribution is 2.36. The molecule has 2 N–H and O–H groups in total. The van der Waals surface area contributed by atoms with Crippen molar-refractivity contribution < 1.29 is 9.59 Å². The van der Waals surface area contributed by atoms with E-state index in [9.17, 15) is 9.59 Å². The number of hydrogen-bond donors (Lipinski definition) is 2. The fourth-order valence-electron chi connectivity index (χ4n) is 3.71. The van der Waals surface area contributed by atoms with Gasteiger partial charge in [0.1, 0.15) is 0 Å². The Hall–Kier alpha value is -2.62. The molecule has 0 aromatic heterocycles. The Bertz CT molecular complexity index is 842. The van der Waals surface area contributed by atoms with Gasteiger partial charge in [0.15, 0.2) is 11.6 Å². The van der Waals surface area contributed by atoms with E-state index in [1.807, 2.05) is 12.1 Å². The van der Waals surface area contributed by atoms with Gasteiger partial charge in [0.05, 0.1) is 11.1 Å². The van der Waals surface area contributed by atoms with Gasteiger partial charge in [0.25, 0.3) is 0 Å². The molecule has 0 bridgehead atoms. The van der Waals surface area contributed by atoms with Crippen molar-refractivity contribution in [2.75, 3.05) is 24.2 Å². The van der Waals surface area contributed by atoms with E-state index in [2.05, 4.69) is 17.6 Å². The first kappa shape index (κ1) is 19.2. The standard InChI is InChI=1S/C23H28N2O2/c1-3-4-5-6-7-10-15-25-19-14-13-18(24-2)20-21(19)23(27)17-12-9-8-11-16(17)22(20)26/h8-9,11-14,24-25H,3-7,10,15H2,1-2H3. The van der Waals surface area contributed by atoms with Crippen molar-refractivity contribution in [1.29, 1.82) is 0 Å². The molecule has 0 aliphatic heterocycles. The van der Waals surface area contributed by atoms with Crippen molar-refractivity contribution in [3.8, 4) is 0 Å². The van der Waals surface area contributed by atoms with E-state index in [1.165, 1.54) is 32.1 Å². The zero-order chi connectivity index (χ0) is 19.2. The maximum atomic E-state index is 13.1. The summed E-state index contributed by atoms with van der Waals surface area (Å²) in [6.45, 7) is 3.02. The summed E-state index contributed by atoms with van der Waals surface area (Å²) in [6, 6.07) is 10.9. The van der Waals surface area contributed by atoms with Crippen molar-refractivity contribution in [2.45, 2.75) is 45.4 Å². The van der Waals surface area contributed by atoms with Crippen molar-refractivity contribution in [1.82, 2.24) is 0 Å². The molecule has 0 amide bonds. The molecule has 0 fully saturated rings. The van der Waals surface area contributed by atoms with E-state index < -0.39 is 0 Å². The van der Waals surface area contributed by atoms with E-state index >= 15 is 0 Å². The Kier molecular flexibility index (Phi) is 6.28. The van der Waals surface area contributed by atoms with Crippen LogP contribution in [-0.4, -0.2) is 25.2 Å². The van der Waals surface area contributed by atoms with E-state index in [1.54, 1.807) is 31.3 Å². The Balaban J connectivity index is 1.82. The average Bonchev–Trinajstić information content (AvgIpc) is 2.70. The summed E-state index contributed by atoms with van der Waals surface area (Å²) >= 11 is 0. The van der Waals surface area contributed by atoms with Gasteiger partial charge < -0.3 is 10.6 Å². The van der Waals surface area contributed by atoms with E-state index in [0.717, 1.165) is 18.7 Å². The number of carbonyl (C=O) groups is 2. The van der Waals surface area contributed by atoms with Gasteiger partial charge in [-0.3, -0.25) is 9.59 Å². The minimum atomic E-state index is -0.0900. The Morgan fingerprint density at radius 3 is 1.93 bits per heavy atom. The molecule has 4 nitrogen and oxygen atoms in total. The second-order valence-electron chi connectivity index (χ2n) is 7.06. The Morgan fingerprint density at radius 1 is 0.741 bits per heavy atom. The molecule has 3 rings (SSSR count). The number of anilines is 2. The van der Waals surface area contributed by atoms with Crippen LogP contribution in [0.3, 0.4) is 0 Å². The second-order valence-corrected chi connectivity index (χ2v) is 7.06. The monoisotopic (exact) mass is 364 g/mol. The van der Waals surface area contributed by atoms with Crippen LogP contribution in [0.25, 0.3) is 0 Å². The van der Waals surface area contributed by atoms with Gasteiger partial charge in [0, 0.05) is 36.1 Å². The summed E-state index contributed by atoms with van der Waals surface area (Å²) in [5, 5.41) is 6.46. The van der Waals surface area contributed by atoms with Crippen LogP contribution in [0.5, 0.6) is 0 Å². The summed E-state index contributed by atoms with van der Waals surface area (Å²) in [6.07, 6.45) is 7.32. The maximum Gasteiger partial charge on any atom is 0.196 e. The third kappa shape index (κ3) is 3.90. The molecule has 0 radical (unpaired) electrons. The van der Waals surface area contributed by atoms with Gasteiger partial charge in [-0.25, -0.2) is 0 Å². The molecule has 1 aliphatic carbocycles. The highest BCUT2D eigenvalue weighted by atomic mass is 16.1. The fourth-order valence-corrected chi connectivity index (χ4v) is 3.71. The number of fused-ring (bicyclic) bond motifs is 2. The van der Waals surface area contributed by atoms with Crippen LogP contribution in [0.15, 0.2) is 36.4 Å². The lowest BCUT2D eigenvalue weighted by Crippen LogP contribution is -2.24. The van der Waals surface area contributed by atoms with Crippen LogP contribution in [0, 0.1) is 0 Å². The van der Waals surface area contributed by atoms with Crippen LogP contribution in [0.1, 0.15) is 77.3 Å². The topological polar surface area (TPSA) is 58.2 Å². The number of carbonyl (C=O) groups excluding carboxylic acids is 2. The lowest BCUT2D eigenvalue weighted by molar-refractivity contribution is 0.0980. The zero-order valence-electron chi connectivity index (χ0n) is 16.2. The number of benzene rings is 2. The molecule has 1 aliphatic rings. The first-order chi connectivity index (χ1) is 13.2. The van der Waals surface area contributed by atoms with Crippen molar-refractivity contribution in [3.05, 3.63) is 58.7 Å². The van der Waals surface area contributed by atoms with E-state index in [4.69, 9.17) is 0 Å². The van der Waals surface area contributed by atoms with Crippen LogP contribution in [0.4, 0.5) is 11.4 Å². The van der Waals surface area contributed by atoms with Crippen molar-refractivity contribution in [3.63, 3.8) is 0 Å². The van der Waals surface area contributed by atoms with Gasteiger partial charge in [0.2, 0.25) is 0 Å². The largest absolute Gasteiger partial charge is 0.388 e. The SMILES string of the molecule is CCCCCCCCNc1ccc(NC)c2c1C(=O)c1ccccc1C2=O. The van der Waals surface area contributed by atoms with Crippen LogP contribution >= 0.6 is 0 Å². The van der Waals surface area contributed by atoms with Gasteiger partial charge in [-0.2, -0.15) is 0 Å². The maximum absolute atomic E-state index is 13.1. The molecular formula is C23H28N2O2. The summed E-state index contributed by atoms with van der Waals surface area (Å²) in [4.78, 5) is 26.2. The van der Waals surface area contributed by atoms with Crippen molar-refractivity contribution >= 4 is 22.9 Å². The normalized spacial score (nSPS) is 12.5. The molecule has 27 heavy (non-hydrogen) atoms. The molecule has 0 unspecified atom stereocenters. The van der Waals surface area contributed by atoms with Gasteiger partial charge in [-0.1, -0.05) is 63.3 Å². The first-order valence-electron chi connectivity index (χ1n) is 9.96. The van der Waals surface area contributed by atoms with Crippen LogP contribution in [0.2, 0.25) is 0 Å². The molecule has 2 aromatic carbocycles. The van der Waals surface area contributed by atoms with Gasteiger partial charge in [-0.05, 0) is 18.6 Å². The highest BCUT2D eigenvalue weighted by Gasteiger charge is 2.33. The smallest absolute Gasteiger partial charge is 0.196 e. The third-order valence-corrected chi connectivity index (χ3v) is 5.19. The number of ketones is 2. The Morgan fingerprint density at radius 2 is 1.30 bits per heavy atom. The summed E-state index contributed by atoms with van der Waals surface area (Å²) in [5.74, 6) is -0.171. The van der Waals surface area contributed by atoms with Crippen LogP contribution < -0.4 is 10.6 Å². The summed E-state index contributed by atoms with van der Waals surface area (Å²) in [5.41, 5.74) is 3.41. The molecule has 0 spiro atoms.